The van der Waals surface area contributed by atoms with E-state index in [4.69, 9.17) is 0 Å². The topological polar surface area (TPSA) is 132 Å². The van der Waals surface area contributed by atoms with Crippen molar-refractivity contribution in [1.82, 2.24) is 9.13 Å². The van der Waals surface area contributed by atoms with E-state index >= 15 is 0 Å². The fraction of sp³-hybridized carbons (Fsp3) is 0.400. The Hall–Kier alpha value is -3.52. The maximum atomic E-state index is 12.5. The Balaban J connectivity index is 2.43. The van der Waals surface area contributed by atoms with Gasteiger partial charge in [0.05, 0.1) is 0 Å². The molecule has 0 aromatic carbocycles. The zero-order chi connectivity index (χ0) is 21.2. The number of nitrogens with zero attached hydrogens (tertiary/aromatic N) is 4. The van der Waals surface area contributed by atoms with E-state index in [-0.39, 0.29) is 42.4 Å². The molecule has 2 heterocycles. The molecule has 0 spiro atoms. The number of rotatable bonds is 5. The number of pyridine rings is 2. The smallest absolute Gasteiger partial charge is 0.271 e. The molecule has 2 aromatic heterocycles. The van der Waals surface area contributed by atoms with Crippen LogP contribution in [0.15, 0.2) is 9.59 Å². The Morgan fingerprint density at radius 2 is 1.39 bits per heavy atom. The summed E-state index contributed by atoms with van der Waals surface area (Å²) in [6.07, 6.45) is 0.578. The van der Waals surface area contributed by atoms with Crippen LogP contribution in [0, 0.1) is 43.4 Å². The first-order valence-corrected chi connectivity index (χ1v) is 8.89. The molecule has 0 fully saturated rings. The highest BCUT2D eigenvalue weighted by Gasteiger charge is 2.19. The minimum absolute atomic E-state index is 0.0209. The molecular formula is C20H22N4O4. The van der Waals surface area contributed by atoms with Gasteiger partial charge >= 0.3 is 0 Å². The molecular weight excluding hydrogens is 360 g/mol. The highest BCUT2D eigenvalue weighted by molar-refractivity contribution is 5.46. The van der Waals surface area contributed by atoms with E-state index in [9.17, 15) is 30.3 Å². The van der Waals surface area contributed by atoms with Crippen LogP contribution in [0.1, 0.15) is 46.7 Å². The van der Waals surface area contributed by atoms with E-state index < -0.39 is 11.1 Å². The Morgan fingerprint density at radius 1 is 0.857 bits per heavy atom. The predicted octanol–water partition coefficient (Wildman–Crippen LogP) is 1.74. The molecule has 8 nitrogen and oxygen atoms in total. The molecule has 28 heavy (non-hydrogen) atoms. The molecule has 0 bridgehead atoms. The molecule has 0 aliphatic carbocycles. The average molecular weight is 382 g/mol. The van der Waals surface area contributed by atoms with Crippen molar-refractivity contribution in [2.45, 2.75) is 53.6 Å². The lowest BCUT2D eigenvalue weighted by molar-refractivity contribution is 0.395. The first kappa shape index (κ1) is 20.8. The summed E-state index contributed by atoms with van der Waals surface area (Å²) in [4.78, 5) is 24.8. The largest absolute Gasteiger partial charge is 0.494 e. The number of hydrogen-bond acceptors (Lipinski definition) is 6. The minimum Gasteiger partial charge on any atom is -0.494 e. The Labute approximate surface area is 162 Å². The SMILES string of the molecule is CCn1c(O)c(C)c(CCCn2c(O)c(C)c(C)c(C#N)c2=O)c(C#N)c1=O. The van der Waals surface area contributed by atoms with Crippen molar-refractivity contribution in [2.24, 2.45) is 0 Å². The van der Waals surface area contributed by atoms with Gasteiger partial charge in [-0.2, -0.15) is 10.5 Å². The molecule has 0 aliphatic heterocycles. The van der Waals surface area contributed by atoms with Gasteiger partial charge in [0.15, 0.2) is 11.8 Å². The van der Waals surface area contributed by atoms with Crippen molar-refractivity contribution < 1.29 is 10.2 Å². The third-order valence-electron chi connectivity index (χ3n) is 5.14. The molecule has 146 valence electrons. The summed E-state index contributed by atoms with van der Waals surface area (Å²) in [6.45, 7) is 6.90. The summed E-state index contributed by atoms with van der Waals surface area (Å²) in [5.41, 5.74) is 0.564. The van der Waals surface area contributed by atoms with Gasteiger partial charge in [-0.15, -0.1) is 0 Å². The third-order valence-corrected chi connectivity index (χ3v) is 5.14. The molecule has 0 unspecified atom stereocenters. The van der Waals surface area contributed by atoms with Gasteiger partial charge in [-0.25, -0.2) is 0 Å². The predicted molar refractivity (Wildman–Crippen MR) is 102 cm³/mol. The standard InChI is InChI=1S/C20H22N4O4/c1-5-23-18(26)13(4)14(16(10-22)20(23)28)7-6-8-24-17(25)12(3)11(2)15(9-21)19(24)27/h25-26H,5-8H2,1-4H3. The zero-order valence-electron chi connectivity index (χ0n) is 16.3. The highest BCUT2D eigenvalue weighted by atomic mass is 16.3. The zero-order valence-corrected chi connectivity index (χ0v) is 16.3. The second kappa shape index (κ2) is 8.01. The van der Waals surface area contributed by atoms with Crippen molar-refractivity contribution >= 4 is 0 Å². The molecule has 2 aromatic rings. The molecule has 8 heteroatoms. The minimum atomic E-state index is -0.579. The normalized spacial score (nSPS) is 10.5. The van der Waals surface area contributed by atoms with Crippen molar-refractivity contribution in [3.63, 3.8) is 0 Å². The van der Waals surface area contributed by atoms with Crippen LogP contribution in [0.25, 0.3) is 0 Å². The lowest BCUT2D eigenvalue weighted by Crippen LogP contribution is -2.26. The van der Waals surface area contributed by atoms with E-state index in [1.165, 1.54) is 0 Å². The number of hydrogen-bond donors (Lipinski definition) is 2. The first-order chi connectivity index (χ1) is 13.2. The van der Waals surface area contributed by atoms with Gasteiger partial charge in [0.2, 0.25) is 0 Å². The van der Waals surface area contributed by atoms with Crippen LogP contribution in [0.4, 0.5) is 0 Å². The van der Waals surface area contributed by atoms with Gasteiger partial charge in [0, 0.05) is 24.2 Å². The second-order valence-corrected chi connectivity index (χ2v) is 6.58. The Bertz CT molecular complexity index is 1140. The summed E-state index contributed by atoms with van der Waals surface area (Å²) in [6, 6.07) is 3.78. The van der Waals surface area contributed by atoms with E-state index in [1.54, 1.807) is 27.7 Å². The van der Waals surface area contributed by atoms with Crippen LogP contribution in [0.3, 0.4) is 0 Å². The van der Waals surface area contributed by atoms with Crippen LogP contribution in [-0.4, -0.2) is 19.3 Å². The van der Waals surface area contributed by atoms with E-state index in [2.05, 4.69) is 0 Å². The van der Waals surface area contributed by atoms with Crippen LogP contribution < -0.4 is 11.1 Å². The molecule has 0 saturated heterocycles. The number of aromatic hydroxyl groups is 2. The van der Waals surface area contributed by atoms with Gasteiger partial charge in [-0.1, -0.05) is 0 Å². The highest BCUT2D eigenvalue weighted by Crippen LogP contribution is 2.24. The molecule has 0 saturated carbocycles. The Morgan fingerprint density at radius 3 is 1.93 bits per heavy atom. The van der Waals surface area contributed by atoms with E-state index in [0.29, 0.717) is 28.7 Å². The number of aromatic nitrogens is 2. The maximum absolute atomic E-state index is 12.5. The molecule has 2 N–H and O–H groups in total. The van der Waals surface area contributed by atoms with E-state index in [0.717, 1.165) is 9.13 Å². The lowest BCUT2D eigenvalue weighted by atomic mass is 9.99. The molecule has 0 atom stereocenters. The van der Waals surface area contributed by atoms with Crippen molar-refractivity contribution in [1.29, 1.82) is 10.5 Å². The lowest BCUT2D eigenvalue weighted by Gasteiger charge is -2.16. The first-order valence-electron chi connectivity index (χ1n) is 8.89. The van der Waals surface area contributed by atoms with Crippen molar-refractivity contribution in [3.8, 4) is 23.9 Å². The maximum Gasteiger partial charge on any atom is 0.271 e. The van der Waals surface area contributed by atoms with Gasteiger partial charge < -0.3 is 10.2 Å². The molecule has 2 rings (SSSR count). The van der Waals surface area contributed by atoms with Crippen LogP contribution in [0.2, 0.25) is 0 Å². The Kier molecular flexibility index (Phi) is 5.95. The summed E-state index contributed by atoms with van der Waals surface area (Å²) in [5.74, 6) is -0.387. The quantitative estimate of drug-likeness (QED) is 0.809. The van der Waals surface area contributed by atoms with Gasteiger partial charge in [-0.05, 0) is 51.7 Å². The summed E-state index contributed by atoms with van der Waals surface area (Å²) in [7, 11) is 0. The molecule has 0 radical (unpaired) electrons. The van der Waals surface area contributed by atoms with Gasteiger partial charge in [0.1, 0.15) is 23.3 Å². The average Bonchev–Trinajstić information content (AvgIpc) is 2.67. The van der Waals surface area contributed by atoms with Crippen LogP contribution in [-0.2, 0) is 19.5 Å². The van der Waals surface area contributed by atoms with Crippen molar-refractivity contribution in [3.05, 3.63) is 54.1 Å². The second-order valence-electron chi connectivity index (χ2n) is 6.58. The summed E-state index contributed by atoms with van der Waals surface area (Å²) in [5, 5.41) is 39.1. The summed E-state index contributed by atoms with van der Waals surface area (Å²) >= 11 is 0. The van der Waals surface area contributed by atoms with Crippen molar-refractivity contribution in [2.75, 3.05) is 0 Å². The third kappa shape index (κ3) is 3.25. The number of nitriles is 2. The summed E-state index contributed by atoms with van der Waals surface area (Å²) < 4.78 is 2.26. The van der Waals surface area contributed by atoms with Crippen LogP contribution >= 0.6 is 0 Å². The molecule has 0 aliphatic rings. The van der Waals surface area contributed by atoms with Gasteiger partial charge in [-0.3, -0.25) is 18.7 Å². The fourth-order valence-corrected chi connectivity index (χ4v) is 3.31. The van der Waals surface area contributed by atoms with Gasteiger partial charge in [0.25, 0.3) is 11.1 Å². The monoisotopic (exact) mass is 382 g/mol. The van der Waals surface area contributed by atoms with E-state index in [1.807, 2.05) is 12.1 Å². The fourth-order valence-electron chi connectivity index (χ4n) is 3.31. The molecule has 0 amide bonds. The van der Waals surface area contributed by atoms with Crippen LogP contribution in [0.5, 0.6) is 11.8 Å².